The van der Waals surface area contributed by atoms with Crippen molar-refractivity contribution < 1.29 is 32.7 Å². The Morgan fingerprint density at radius 2 is 1.85 bits per heavy atom. The van der Waals surface area contributed by atoms with Gasteiger partial charge in [-0.25, -0.2) is 0 Å². The Bertz CT molecular complexity index is 554. The number of ether oxygens (including phenoxy) is 1. The van der Waals surface area contributed by atoms with Gasteiger partial charge in [-0.15, -0.1) is 0 Å². The van der Waals surface area contributed by atoms with Crippen LogP contribution in [0.3, 0.4) is 0 Å². The van der Waals surface area contributed by atoms with E-state index in [9.17, 15) is 18.6 Å². The summed E-state index contributed by atoms with van der Waals surface area (Å²) in [7, 11) is -4.14. The van der Waals surface area contributed by atoms with E-state index in [2.05, 4.69) is 0 Å². The van der Waals surface area contributed by atoms with E-state index in [1.54, 1.807) is 19.1 Å². The maximum absolute atomic E-state index is 12.0. The molecule has 8 heteroatoms. The van der Waals surface area contributed by atoms with Crippen LogP contribution < -0.4 is 0 Å². The molecule has 1 heterocycles. The first-order valence-electron chi connectivity index (χ1n) is 5.97. The van der Waals surface area contributed by atoms with Gasteiger partial charge in [-0.2, -0.15) is 8.42 Å². The second-order valence-corrected chi connectivity index (χ2v) is 6.14. The molecule has 0 aliphatic carbocycles. The minimum atomic E-state index is -4.14. The first-order valence-corrected chi connectivity index (χ1v) is 7.38. The average Bonchev–Trinajstić information content (AvgIpc) is 2.66. The quantitative estimate of drug-likeness (QED) is 0.620. The molecule has 1 aromatic rings. The first-order chi connectivity index (χ1) is 9.35. The fraction of sp³-hybridized carbons (Fsp3) is 0.500. The topological polar surface area (TPSA) is 113 Å². The average molecular weight is 304 g/mol. The van der Waals surface area contributed by atoms with Crippen molar-refractivity contribution in [2.45, 2.75) is 36.4 Å². The summed E-state index contributed by atoms with van der Waals surface area (Å²) in [5.41, 5.74) is 0.883. The first kappa shape index (κ1) is 15.4. The number of benzene rings is 1. The zero-order valence-electron chi connectivity index (χ0n) is 10.7. The van der Waals surface area contributed by atoms with Crippen molar-refractivity contribution >= 4 is 10.1 Å². The highest BCUT2D eigenvalue weighted by Gasteiger charge is 2.46. The van der Waals surface area contributed by atoms with Crippen LogP contribution in [0.15, 0.2) is 29.2 Å². The highest BCUT2D eigenvalue weighted by molar-refractivity contribution is 7.86. The van der Waals surface area contributed by atoms with Gasteiger partial charge in [0.15, 0.2) is 12.4 Å². The smallest absolute Gasteiger partial charge is 0.297 e. The van der Waals surface area contributed by atoms with Gasteiger partial charge in [0.1, 0.15) is 12.2 Å². The van der Waals surface area contributed by atoms with Gasteiger partial charge in [0.25, 0.3) is 10.1 Å². The summed E-state index contributed by atoms with van der Waals surface area (Å²) in [4.78, 5) is -0.0880. The molecule has 1 fully saturated rings. The SMILES string of the molecule is Cc1ccc(S(=O)(=O)O[C@@H]2[C@H](O)[C@@H](CO)O[C@@H]2O)cc1. The van der Waals surface area contributed by atoms with Gasteiger partial charge < -0.3 is 20.1 Å². The Hall–Kier alpha value is -1.03. The van der Waals surface area contributed by atoms with Crippen LogP contribution in [0.5, 0.6) is 0 Å². The molecule has 0 bridgehead atoms. The van der Waals surface area contributed by atoms with Gasteiger partial charge in [-0.1, -0.05) is 17.7 Å². The van der Waals surface area contributed by atoms with Crippen LogP contribution in [-0.4, -0.2) is 54.9 Å². The summed E-state index contributed by atoms with van der Waals surface area (Å²) in [5, 5.41) is 28.2. The van der Waals surface area contributed by atoms with Crippen LogP contribution in [0.2, 0.25) is 0 Å². The summed E-state index contributed by atoms with van der Waals surface area (Å²) < 4.78 is 33.7. The van der Waals surface area contributed by atoms with E-state index >= 15 is 0 Å². The third-order valence-corrected chi connectivity index (χ3v) is 4.37. The van der Waals surface area contributed by atoms with E-state index in [1.165, 1.54) is 12.1 Å². The van der Waals surface area contributed by atoms with Crippen molar-refractivity contribution in [1.82, 2.24) is 0 Å². The third kappa shape index (κ3) is 3.00. The fourth-order valence-corrected chi connectivity index (χ4v) is 2.96. The predicted octanol–water partition coefficient (Wildman–Crippen LogP) is -0.861. The van der Waals surface area contributed by atoms with Crippen molar-refractivity contribution in [3.63, 3.8) is 0 Å². The molecule has 1 aromatic carbocycles. The molecule has 0 radical (unpaired) electrons. The van der Waals surface area contributed by atoms with E-state index in [-0.39, 0.29) is 4.90 Å². The van der Waals surface area contributed by atoms with Crippen LogP contribution in [0.1, 0.15) is 5.56 Å². The molecule has 0 saturated carbocycles. The lowest BCUT2D eigenvalue weighted by atomic mass is 10.1. The number of aliphatic hydroxyl groups excluding tert-OH is 3. The Kier molecular flexibility index (Phi) is 4.43. The maximum Gasteiger partial charge on any atom is 0.297 e. The second-order valence-electron chi connectivity index (χ2n) is 4.57. The standard InChI is InChI=1S/C12H16O7S/c1-7-2-4-8(5-3-7)20(16,17)19-11-10(14)9(6-13)18-12(11)15/h2-5,9-15H,6H2,1H3/t9-,10-,11-,12+/m1/s1. The summed E-state index contributed by atoms with van der Waals surface area (Å²) >= 11 is 0. The van der Waals surface area contributed by atoms with E-state index in [1.807, 2.05) is 0 Å². The zero-order valence-corrected chi connectivity index (χ0v) is 11.5. The number of aryl methyl sites for hydroxylation is 1. The molecule has 1 aliphatic heterocycles. The second kappa shape index (κ2) is 5.76. The molecule has 0 amide bonds. The van der Waals surface area contributed by atoms with E-state index in [4.69, 9.17) is 14.0 Å². The lowest BCUT2D eigenvalue weighted by Gasteiger charge is -2.17. The summed E-state index contributed by atoms with van der Waals surface area (Å²) in [6.45, 7) is 1.25. The molecule has 0 unspecified atom stereocenters. The molecule has 2 rings (SSSR count). The van der Waals surface area contributed by atoms with Gasteiger partial charge in [0.2, 0.25) is 0 Å². The minimum absolute atomic E-state index is 0.0880. The molecule has 4 atom stereocenters. The van der Waals surface area contributed by atoms with Crippen LogP contribution >= 0.6 is 0 Å². The van der Waals surface area contributed by atoms with Crippen LogP contribution in [0.4, 0.5) is 0 Å². The molecular weight excluding hydrogens is 288 g/mol. The lowest BCUT2D eigenvalue weighted by Crippen LogP contribution is -2.37. The van der Waals surface area contributed by atoms with Gasteiger partial charge in [-0.05, 0) is 19.1 Å². The molecule has 7 nitrogen and oxygen atoms in total. The molecular formula is C12H16O7S. The zero-order chi connectivity index (χ0) is 14.9. The summed E-state index contributed by atoms with van der Waals surface area (Å²) in [6, 6.07) is 5.93. The number of rotatable bonds is 4. The van der Waals surface area contributed by atoms with Crippen molar-refractivity contribution in [2.75, 3.05) is 6.61 Å². The van der Waals surface area contributed by atoms with Crippen molar-refractivity contribution in [2.24, 2.45) is 0 Å². The Morgan fingerprint density at radius 3 is 2.35 bits per heavy atom. The monoisotopic (exact) mass is 304 g/mol. The predicted molar refractivity (Wildman–Crippen MR) is 67.2 cm³/mol. The maximum atomic E-state index is 12.0. The minimum Gasteiger partial charge on any atom is -0.394 e. The molecule has 112 valence electrons. The molecule has 0 aromatic heterocycles. The normalized spacial score (nSPS) is 30.6. The molecule has 3 N–H and O–H groups in total. The van der Waals surface area contributed by atoms with Crippen molar-refractivity contribution in [3.05, 3.63) is 29.8 Å². The Labute approximate surface area is 116 Å². The lowest BCUT2D eigenvalue weighted by molar-refractivity contribution is -0.127. The Morgan fingerprint density at radius 1 is 1.25 bits per heavy atom. The molecule has 20 heavy (non-hydrogen) atoms. The van der Waals surface area contributed by atoms with Crippen molar-refractivity contribution in [3.8, 4) is 0 Å². The van der Waals surface area contributed by atoms with Gasteiger partial charge in [-0.3, -0.25) is 4.18 Å². The van der Waals surface area contributed by atoms with Crippen molar-refractivity contribution in [1.29, 1.82) is 0 Å². The van der Waals surface area contributed by atoms with Crippen LogP contribution in [0.25, 0.3) is 0 Å². The van der Waals surface area contributed by atoms with Gasteiger partial charge in [0, 0.05) is 0 Å². The summed E-state index contributed by atoms with van der Waals surface area (Å²) in [6.07, 6.45) is -5.61. The molecule has 1 aliphatic rings. The van der Waals surface area contributed by atoms with E-state index < -0.39 is 41.3 Å². The van der Waals surface area contributed by atoms with Gasteiger partial charge in [0.05, 0.1) is 11.5 Å². The molecule has 0 spiro atoms. The number of aliphatic hydroxyl groups is 3. The summed E-state index contributed by atoms with van der Waals surface area (Å²) in [5.74, 6) is 0. The van der Waals surface area contributed by atoms with Crippen LogP contribution in [0, 0.1) is 6.92 Å². The van der Waals surface area contributed by atoms with E-state index in [0.717, 1.165) is 5.56 Å². The number of hydrogen-bond acceptors (Lipinski definition) is 7. The largest absolute Gasteiger partial charge is 0.394 e. The fourth-order valence-electron chi connectivity index (χ4n) is 1.88. The Balaban J connectivity index is 2.18. The molecule has 1 saturated heterocycles. The van der Waals surface area contributed by atoms with Crippen LogP contribution in [-0.2, 0) is 19.0 Å². The van der Waals surface area contributed by atoms with Gasteiger partial charge >= 0.3 is 0 Å². The number of hydrogen-bond donors (Lipinski definition) is 3. The van der Waals surface area contributed by atoms with E-state index in [0.29, 0.717) is 0 Å². The highest BCUT2D eigenvalue weighted by atomic mass is 32.2. The highest BCUT2D eigenvalue weighted by Crippen LogP contribution is 2.26. The third-order valence-electron chi connectivity index (χ3n) is 3.04.